The second-order valence-corrected chi connectivity index (χ2v) is 22.0. The first-order valence-electron chi connectivity index (χ1n) is 29.7. The Morgan fingerprint density at radius 3 is 1.27 bits per heavy atom. The Morgan fingerprint density at radius 1 is 0.549 bits per heavy atom. The molecule has 1 rings (SSSR count). The van der Waals surface area contributed by atoms with E-state index in [1.54, 1.807) is 6.08 Å². The lowest BCUT2D eigenvalue weighted by Crippen LogP contribution is -2.61. The number of carbonyl (C=O) groups is 1. The summed E-state index contributed by atoms with van der Waals surface area (Å²) in [5, 5.41) is 44.9. The van der Waals surface area contributed by atoms with Crippen molar-refractivity contribution in [2.24, 2.45) is 0 Å². The molecule has 7 unspecified atom stereocenters. The van der Waals surface area contributed by atoms with Crippen molar-refractivity contribution in [2.75, 3.05) is 13.2 Å². The minimum absolute atomic E-state index is 0.259. The van der Waals surface area contributed by atoms with E-state index in [-0.39, 0.29) is 18.9 Å². The minimum Gasteiger partial charge on any atom is -0.394 e. The molecule has 71 heavy (non-hydrogen) atoms. The van der Waals surface area contributed by atoms with E-state index < -0.39 is 59.9 Å². The molecule has 1 amide bonds. The molecule has 1 aliphatic rings. The van der Waals surface area contributed by atoms with E-state index in [1.165, 1.54) is 218 Å². The number of carbonyl (C=O) groups excluding carboxylic acids is 1. The summed E-state index contributed by atoms with van der Waals surface area (Å²) in [6, 6.07) is -0.942. The second kappa shape index (κ2) is 48.2. The molecule has 1 heterocycles. The predicted molar refractivity (Wildman–Crippen MR) is 292 cm³/mol. The molecule has 0 aliphatic carbocycles. The number of aliphatic hydroxyl groups excluding tert-OH is 4. The number of rotatable bonds is 52. The van der Waals surface area contributed by atoms with E-state index in [9.17, 15) is 38.2 Å². The summed E-state index contributed by atoms with van der Waals surface area (Å²) in [6.45, 7) is 3.42. The average Bonchev–Trinajstić information content (AvgIpc) is 3.34. The van der Waals surface area contributed by atoms with Gasteiger partial charge in [0.05, 0.1) is 25.4 Å². The van der Waals surface area contributed by atoms with Crippen LogP contribution in [0.15, 0.2) is 24.3 Å². The SMILES string of the molecule is CCCCCCCCCCCCCC/C=C\CCCCCCCCCCCCCCCCC(=O)NC(COC1OC(CO)C(O)C(OS(=O)(=O)O)C1O)C(O)/C=C/CCCCCCCCCCCCCC. The molecule has 0 spiro atoms. The number of hydrogen-bond acceptors (Lipinski definition) is 10. The van der Waals surface area contributed by atoms with Crippen LogP contribution in [0.4, 0.5) is 0 Å². The zero-order valence-corrected chi connectivity index (χ0v) is 46.4. The van der Waals surface area contributed by atoms with Gasteiger partial charge in [-0.25, -0.2) is 4.18 Å². The summed E-state index contributed by atoms with van der Waals surface area (Å²) in [6.07, 6.45) is 51.0. The summed E-state index contributed by atoms with van der Waals surface area (Å²) in [7, 11) is -5.09. The molecule has 0 aromatic heterocycles. The van der Waals surface area contributed by atoms with Crippen LogP contribution in [0.1, 0.15) is 284 Å². The van der Waals surface area contributed by atoms with Gasteiger partial charge in [-0.2, -0.15) is 8.42 Å². The lowest BCUT2D eigenvalue weighted by Gasteiger charge is -2.41. The van der Waals surface area contributed by atoms with Gasteiger partial charge in [0, 0.05) is 6.42 Å². The van der Waals surface area contributed by atoms with Gasteiger partial charge in [-0.1, -0.05) is 256 Å². The first kappa shape index (κ1) is 67.6. The highest BCUT2D eigenvalue weighted by Crippen LogP contribution is 2.26. The normalized spacial score (nSPS) is 19.6. The Kier molecular flexibility index (Phi) is 45.9. The fraction of sp³-hybridized carbons (Fsp3) is 0.914. The van der Waals surface area contributed by atoms with Crippen molar-refractivity contribution < 1.29 is 51.8 Å². The Labute approximate surface area is 435 Å². The molecule has 0 aromatic carbocycles. The van der Waals surface area contributed by atoms with E-state index in [2.05, 4.69) is 35.5 Å². The fourth-order valence-electron chi connectivity index (χ4n) is 9.63. The molecule has 0 saturated carbocycles. The fourth-order valence-corrected chi connectivity index (χ4v) is 10.1. The smallest absolute Gasteiger partial charge is 0.394 e. The third-order valence-corrected chi connectivity index (χ3v) is 14.7. The highest BCUT2D eigenvalue weighted by atomic mass is 32.3. The zero-order chi connectivity index (χ0) is 51.9. The van der Waals surface area contributed by atoms with Crippen molar-refractivity contribution in [1.82, 2.24) is 5.32 Å². The van der Waals surface area contributed by atoms with Crippen LogP contribution in [0.2, 0.25) is 0 Å². The molecule has 13 heteroatoms. The molecule has 1 saturated heterocycles. The number of unbranched alkanes of at least 4 members (excludes halogenated alkanes) is 38. The molecule has 420 valence electrons. The molecule has 6 N–H and O–H groups in total. The van der Waals surface area contributed by atoms with Crippen LogP contribution < -0.4 is 5.32 Å². The van der Waals surface area contributed by atoms with Gasteiger partial charge in [-0.15, -0.1) is 0 Å². The predicted octanol–water partition coefficient (Wildman–Crippen LogP) is 14.0. The second-order valence-electron chi connectivity index (χ2n) is 20.9. The van der Waals surface area contributed by atoms with Gasteiger partial charge in [0.25, 0.3) is 0 Å². The number of allylic oxidation sites excluding steroid dienone is 3. The van der Waals surface area contributed by atoms with E-state index in [0.29, 0.717) is 6.42 Å². The number of hydrogen-bond donors (Lipinski definition) is 6. The van der Waals surface area contributed by atoms with Crippen molar-refractivity contribution in [3.8, 4) is 0 Å². The first-order chi connectivity index (χ1) is 34.5. The highest BCUT2D eigenvalue weighted by molar-refractivity contribution is 7.80. The van der Waals surface area contributed by atoms with Gasteiger partial charge in [-0.05, 0) is 44.9 Å². The number of amides is 1. The van der Waals surface area contributed by atoms with Crippen LogP contribution in [-0.2, 0) is 28.9 Å². The zero-order valence-electron chi connectivity index (χ0n) is 45.6. The van der Waals surface area contributed by atoms with Gasteiger partial charge in [0.15, 0.2) is 6.29 Å². The van der Waals surface area contributed by atoms with Crippen LogP contribution in [0.25, 0.3) is 0 Å². The maximum atomic E-state index is 13.1. The minimum atomic E-state index is -5.09. The summed E-state index contributed by atoms with van der Waals surface area (Å²) in [5.41, 5.74) is 0. The summed E-state index contributed by atoms with van der Waals surface area (Å²) in [5.74, 6) is -0.259. The molecular weight excluding hydrogens is 919 g/mol. The first-order valence-corrected chi connectivity index (χ1v) is 31.1. The summed E-state index contributed by atoms with van der Waals surface area (Å²) >= 11 is 0. The third kappa shape index (κ3) is 40.6. The summed E-state index contributed by atoms with van der Waals surface area (Å²) < 4.78 is 47.8. The van der Waals surface area contributed by atoms with Crippen LogP contribution in [0, 0.1) is 0 Å². The standard InChI is InChI=1S/C58H111NO11S/c1-3-5-7-9-11-13-15-17-19-20-21-22-23-24-25-26-27-28-29-30-31-32-33-34-36-38-40-42-44-46-48-54(62)59-51(50-68-58-56(64)57(70-71(65,66)67)55(63)53(49-60)69-58)52(61)47-45-43-41-39-37-35-18-16-14-12-10-8-6-4-2/h24-25,45,47,51-53,55-58,60-61,63-64H,3-23,26-44,46,48-50H2,1-2H3,(H,59,62)(H,65,66,67)/b25-24-,47-45+. The topological polar surface area (TPSA) is 192 Å². The van der Waals surface area contributed by atoms with Crippen molar-refractivity contribution in [3.63, 3.8) is 0 Å². The van der Waals surface area contributed by atoms with E-state index in [1.807, 2.05) is 6.08 Å². The van der Waals surface area contributed by atoms with Crippen LogP contribution in [0.3, 0.4) is 0 Å². The van der Waals surface area contributed by atoms with Crippen LogP contribution >= 0.6 is 0 Å². The quantitative estimate of drug-likeness (QED) is 0.0193. The van der Waals surface area contributed by atoms with Gasteiger partial charge in [0.2, 0.25) is 5.91 Å². The number of ether oxygens (including phenoxy) is 2. The Bertz CT molecular complexity index is 1350. The maximum Gasteiger partial charge on any atom is 0.397 e. The molecule has 12 nitrogen and oxygen atoms in total. The lowest BCUT2D eigenvalue weighted by molar-refractivity contribution is -0.298. The van der Waals surface area contributed by atoms with Crippen molar-refractivity contribution in [2.45, 2.75) is 326 Å². The maximum absolute atomic E-state index is 13.1. The van der Waals surface area contributed by atoms with Gasteiger partial charge < -0.3 is 35.2 Å². The Balaban J connectivity index is 2.27. The Morgan fingerprint density at radius 2 is 0.901 bits per heavy atom. The van der Waals surface area contributed by atoms with Crippen molar-refractivity contribution in [3.05, 3.63) is 24.3 Å². The average molecular weight is 1030 g/mol. The van der Waals surface area contributed by atoms with Crippen LogP contribution in [0.5, 0.6) is 0 Å². The Hall–Kier alpha value is -1.42. The molecule has 7 atom stereocenters. The molecular formula is C58H111NO11S. The third-order valence-electron chi connectivity index (χ3n) is 14.2. The molecule has 0 radical (unpaired) electrons. The van der Waals surface area contributed by atoms with Gasteiger partial charge in [-0.3, -0.25) is 9.35 Å². The summed E-state index contributed by atoms with van der Waals surface area (Å²) in [4.78, 5) is 13.1. The lowest BCUT2D eigenvalue weighted by atomic mass is 9.99. The monoisotopic (exact) mass is 1030 g/mol. The molecule has 0 bridgehead atoms. The molecule has 1 fully saturated rings. The van der Waals surface area contributed by atoms with E-state index in [4.69, 9.17) is 9.47 Å². The number of aliphatic hydroxyl groups is 4. The number of nitrogens with one attached hydrogen (secondary N) is 1. The van der Waals surface area contributed by atoms with Crippen molar-refractivity contribution in [1.29, 1.82) is 0 Å². The van der Waals surface area contributed by atoms with E-state index in [0.717, 1.165) is 38.5 Å². The molecule has 0 aromatic rings. The van der Waals surface area contributed by atoms with Crippen molar-refractivity contribution >= 4 is 16.3 Å². The van der Waals surface area contributed by atoms with Crippen LogP contribution in [-0.4, -0.2) is 95.4 Å². The molecule has 1 aliphatic heterocycles. The van der Waals surface area contributed by atoms with E-state index >= 15 is 0 Å². The van der Waals surface area contributed by atoms with Gasteiger partial charge in [0.1, 0.15) is 24.4 Å². The highest BCUT2D eigenvalue weighted by Gasteiger charge is 2.48. The largest absolute Gasteiger partial charge is 0.397 e. The van der Waals surface area contributed by atoms with Gasteiger partial charge >= 0.3 is 10.4 Å².